The van der Waals surface area contributed by atoms with E-state index in [-0.39, 0.29) is 40.1 Å². The Morgan fingerprint density at radius 2 is 2.05 bits per heavy atom. The number of hydrogen-bond acceptors (Lipinski definition) is 10. The predicted octanol–water partition coefficient (Wildman–Crippen LogP) is 5.15. The van der Waals surface area contributed by atoms with E-state index in [0.29, 0.717) is 16.5 Å². The molecule has 1 amide bonds. The van der Waals surface area contributed by atoms with Crippen LogP contribution in [0.15, 0.2) is 64.6 Å². The number of ether oxygens (including phenoxy) is 2. The molecule has 0 aliphatic rings. The van der Waals surface area contributed by atoms with Crippen LogP contribution in [-0.4, -0.2) is 28.1 Å². The van der Waals surface area contributed by atoms with Gasteiger partial charge in [-0.15, -0.1) is 10.2 Å². The predicted molar refractivity (Wildman–Crippen MR) is 135 cm³/mol. The smallest absolute Gasteiger partial charge is 0.284 e. The quantitative estimate of drug-likeness (QED) is 0.137. The second-order valence-electron chi connectivity index (χ2n) is 7.57. The summed E-state index contributed by atoms with van der Waals surface area (Å²) in [5.74, 6) is 0.663. The van der Waals surface area contributed by atoms with Crippen molar-refractivity contribution in [1.29, 1.82) is 5.26 Å². The number of carbonyl (C=O) groups excluding carboxylic acids is 1. The number of amides is 1. The van der Waals surface area contributed by atoms with Crippen LogP contribution in [0.2, 0.25) is 0 Å². The Kier molecular flexibility index (Phi) is 7.56. The molecule has 12 heteroatoms. The van der Waals surface area contributed by atoms with Crippen LogP contribution in [0.4, 0.5) is 10.8 Å². The Morgan fingerprint density at radius 1 is 1.22 bits per heavy atom. The number of nitro benzene ring substituents is 1. The molecule has 2 heterocycles. The minimum Gasteiger partial charge on any atom is -0.497 e. The van der Waals surface area contributed by atoms with Crippen LogP contribution in [0, 0.1) is 28.4 Å². The van der Waals surface area contributed by atoms with E-state index in [9.17, 15) is 20.2 Å². The summed E-state index contributed by atoms with van der Waals surface area (Å²) in [4.78, 5) is 23.5. The van der Waals surface area contributed by atoms with Crippen LogP contribution in [0.25, 0.3) is 17.4 Å². The first-order valence-corrected chi connectivity index (χ1v) is 11.6. The van der Waals surface area contributed by atoms with Gasteiger partial charge in [-0.3, -0.25) is 20.2 Å². The third-order valence-corrected chi connectivity index (χ3v) is 5.80. The Bertz CT molecular complexity index is 1530. The van der Waals surface area contributed by atoms with Crippen molar-refractivity contribution in [2.24, 2.45) is 0 Å². The molecule has 0 saturated carbocycles. The molecule has 2 aromatic heterocycles. The number of nitrogens with zero attached hydrogens (tertiary/aromatic N) is 4. The van der Waals surface area contributed by atoms with Gasteiger partial charge in [-0.25, -0.2) is 0 Å². The molecular weight excluding hydrogens is 498 g/mol. The minimum absolute atomic E-state index is 0.163. The average Bonchev–Trinajstić information content (AvgIpc) is 3.55. The second kappa shape index (κ2) is 11.1. The van der Waals surface area contributed by atoms with Crippen LogP contribution >= 0.6 is 11.3 Å². The molecule has 0 atom stereocenters. The number of rotatable bonds is 9. The highest BCUT2D eigenvalue weighted by atomic mass is 32.1. The molecule has 0 aliphatic carbocycles. The fraction of sp³-hybridized carbons (Fsp3) is 0.120. The molecular formula is C25H19N5O6S. The fourth-order valence-corrected chi connectivity index (χ4v) is 3.89. The lowest BCUT2D eigenvalue weighted by molar-refractivity contribution is -0.384. The highest BCUT2D eigenvalue weighted by Gasteiger charge is 2.20. The van der Waals surface area contributed by atoms with Gasteiger partial charge in [-0.05, 0) is 48.9 Å². The maximum atomic E-state index is 12.6. The van der Waals surface area contributed by atoms with Crippen molar-refractivity contribution in [2.45, 2.75) is 13.5 Å². The summed E-state index contributed by atoms with van der Waals surface area (Å²) < 4.78 is 16.4. The van der Waals surface area contributed by atoms with Gasteiger partial charge in [0.1, 0.15) is 41.3 Å². The van der Waals surface area contributed by atoms with Gasteiger partial charge in [0.15, 0.2) is 5.01 Å². The maximum absolute atomic E-state index is 12.6. The van der Waals surface area contributed by atoms with E-state index < -0.39 is 10.8 Å². The van der Waals surface area contributed by atoms with Gasteiger partial charge in [0.05, 0.1) is 23.7 Å². The van der Waals surface area contributed by atoms with E-state index in [1.54, 1.807) is 6.07 Å². The molecule has 11 nitrogen and oxygen atoms in total. The molecule has 0 unspecified atom stereocenters. The SMILES string of the molecule is COc1ccc(-c2ccc(C=C(C#N)C(=O)Nc3nnc(COc4cccc(C)c4)s3)o2)c([N+](=O)[O-])c1. The highest BCUT2D eigenvalue weighted by Crippen LogP contribution is 2.34. The van der Waals surface area contributed by atoms with Crippen LogP contribution in [0.5, 0.6) is 11.5 Å². The normalized spacial score (nSPS) is 11.0. The summed E-state index contributed by atoms with van der Waals surface area (Å²) in [7, 11) is 1.41. The lowest BCUT2D eigenvalue weighted by Gasteiger charge is -2.03. The molecule has 186 valence electrons. The maximum Gasteiger partial charge on any atom is 0.284 e. The number of furan rings is 1. The summed E-state index contributed by atoms with van der Waals surface area (Å²) in [6, 6.07) is 16.7. The molecule has 37 heavy (non-hydrogen) atoms. The molecule has 0 radical (unpaired) electrons. The molecule has 0 aliphatic heterocycles. The molecule has 0 saturated heterocycles. The molecule has 1 N–H and O–H groups in total. The Labute approximate surface area is 214 Å². The molecule has 4 aromatic rings. The monoisotopic (exact) mass is 517 g/mol. The first kappa shape index (κ1) is 25.1. The first-order valence-electron chi connectivity index (χ1n) is 10.7. The van der Waals surface area contributed by atoms with Crippen molar-refractivity contribution >= 4 is 34.1 Å². The van der Waals surface area contributed by atoms with Crippen molar-refractivity contribution in [2.75, 3.05) is 12.4 Å². The second-order valence-corrected chi connectivity index (χ2v) is 8.63. The standard InChI is InChI=1S/C25H19N5O6S/c1-15-4-3-5-18(10-15)35-14-23-28-29-25(37-23)27-24(31)16(13-26)11-19-7-9-22(36-19)20-8-6-17(34-2)12-21(20)30(32)33/h3-12H,14H2,1-2H3,(H,27,29,31). The zero-order chi connectivity index (χ0) is 26.4. The number of hydrogen-bond donors (Lipinski definition) is 1. The summed E-state index contributed by atoms with van der Waals surface area (Å²) in [6.07, 6.45) is 1.23. The fourth-order valence-electron chi connectivity index (χ4n) is 3.24. The van der Waals surface area contributed by atoms with Gasteiger partial charge in [-0.1, -0.05) is 23.5 Å². The van der Waals surface area contributed by atoms with E-state index in [1.807, 2.05) is 37.3 Å². The minimum atomic E-state index is -0.710. The highest BCUT2D eigenvalue weighted by molar-refractivity contribution is 7.15. The third kappa shape index (κ3) is 6.16. The zero-order valence-corrected chi connectivity index (χ0v) is 20.4. The van der Waals surface area contributed by atoms with Crippen molar-refractivity contribution in [3.63, 3.8) is 0 Å². The lowest BCUT2D eigenvalue weighted by Crippen LogP contribution is -2.13. The Balaban J connectivity index is 1.45. The number of nitro groups is 1. The molecule has 0 fully saturated rings. The van der Waals surface area contributed by atoms with Crippen molar-refractivity contribution in [3.05, 3.63) is 86.6 Å². The van der Waals surface area contributed by atoms with Crippen LogP contribution in [0.3, 0.4) is 0 Å². The molecule has 0 bridgehead atoms. The van der Waals surface area contributed by atoms with E-state index in [1.165, 1.54) is 37.5 Å². The molecule has 2 aromatic carbocycles. The van der Waals surface area contributed by atoms with Gasteiger partial charge in [-0.2, -0.15) is 5.26 Å². The summed E-state index contributed by atoms with van der Waals surface area (Å²) in [5.41, 5.74) is 0.825. The van der Waals surface area contributed by atoms with E-state index in [4.69, 9.17) is 13.9 Å². The molecule has 0 spiro atoms. The van der Waals surface area contributed by atoms with Crippen molar-refractivity contribution < 1.29 is 23.6 Å². The summed E-state index contributed by atoms with van der Waals surface area (Å²) >= 11 is 1.11. The number of nitrogens with one attached hydrogen (secondary N) is 1. The van der Waals surface area contributed by atoms with Crippen molar-refractivity contribution in [3.8, 4) is 28.9 Å². The number of benzene rings is 2. The molecule has 4 rings (SSSR count). The third-order valence-electron chi connectivity index (χ3n) is 4.98. The van der Waals surface area contributed by atoms with E-state index in [2.05, 4.69) is 15.5 Å². The number of nitriles is 1. The van der Waals surface area contributed by atoms with Gasteiger partial charge in [0.25, 0.3) is 11.6 Å². The first-order chi connectivity index (χ1) is 17.9. The number of aryl methyl sites for hydroxylation is 1. The Hall–Kier alpha value is -5.02. The summed E-state index contributed by atoms with van der Waals surface area (Å²) in [5, 5.41) is 32.1. The van der Waals surface area contributed by atoms with Gasteiger partial charge < -0.3 is 13.9 Å². The van der Waals surface area contributed by atoms with Gasteiger partial charge >= 0.3 is 0 Å². The summed E-state index contributed by atoms with van der Waals surface area (Å²) in [6.45, 7) is 2.13. The van der Waals surface area contributed by atoms with Gasteiger partial charge in [0.2, 0.25) is 5.13 Å². The van der Waals surface area contributed by atoms with Gasteiger partial charge in [0, 0.05) is 6.08 Å². The average molecular weight is 518 g/mol. The number of methoxy groups -OCH3 is 1. The van der Waals surface area contributed by atoms with Crippen LogP contribution < -0.4 is 14.8 Å². The van der Waals surface area contributed by atoms with E-state index in [0.717, 1.165) is 16.9 Å². The number of anilines is 1. The lowest BCUT2D eigenvalue weighted by atomic mass is 10.1. The van der Waals surface area contributed by atoms with Crippen molar-refractivity contribution in [1.82, 2.24) is 10.2 Å². The van der Waals surface area contributed by atoms with E-state index >= 15 is 0 Å². The largest absolute Gasteiger partial charge is 0.497 e. The van der Waals surface area contributed by atoms with Crippen LogP contribution in [-0.2, 0) is 11.4 Å². The zero-order valence-electron chi connectivity index (χ0n) is 19.6. The van der Waals surface area contributed by atoms with Crippen LogP contribution in [0.1, 0.15) is 16.3 Å². The topological polar surface area (TPSA) is 153 Å². The number of carbonyl (C=O) groups is 1. The Morgan fingerprint density at radius 3 is 2.78 bits per heavy atom. The number of aromatic nitrogens is 2.